The largest absolute Gasteiger partial charge is 0.297 e. The predicted molar refractivity (Wildman–Crippen MR) is 77.0 cm³/mol. The van der Waals surface area contributed by atoms with Crippen LogP contribution in [0.4, 0.5) is 17.1 Å². The van der Waals surface area contributed by atoms with Crippen molar-refractivity contribution in [1.29, 1.82) is 0 Å². The number of nitrogens with zero attached hydrogens (tertiary/aromatic N) is 3. The number of non-ortho nitro benzene ring substituents is 1. The summed E-state index contributed by atoms with van der Waals surface area (Å²) in [6.45, 7) is 0. The van der Waals surface area contributed by atoms with E-state index in [9.17, 15) is 30.3 Å². The van der Waals surface area contributed by atoms with Gasteiger partial charge in [-0.3, -0.25) is 30.3 Å². The molecule has 0 saturated carbocycles. The molecule has 9 nitrogen and oxygen atoms in total. The highest BCUT2D eigenvalue weighted by molar-refractivity contribution is 7.99. The van der Waals surface area contributed by atoms with Crippen LogP contribution in [0.15, 0.2) is 52.3 Å². The van der Waals surface area contributed by atoms with E-state index in [1.807, 2.05) is 0 Å². The fraction of sp³-hybridized carbons (Fsp3) is 0. The highest BCUT2D eigenvalue weighted by Gasteiger charge is 2.31. The number of benzene rings is 2. The van der Waals surface area contributed by atoms with Crippen LogP contribution in [0.2, 0.25) is 0 Å². The molecule has 0 saturated heterocycles. The third-order valence-corrected chi connectivity index (χ3v) is 3.73. The summed E-state index contributed by atoms with van der Waals surface area (Å²) in [4.78, 5) is 30.6. The Bertz CT molecular complexity index is 730. The summed E-state index contributed by atoms with van der Waals surface area (Å²) in [5, 5.41) is 33.0. The molecule has 10 heteroatoms. The van der Waals surface area contributed by atoms with Crippen molar-refractivity contribution in [3.63, 3.8) is 0 Å². The molecule has 0 N–H and O–H groups in total. The van der Waals surface area contributed by atoms with Gasteiger partial charge in [0.25, 0.3) is 17.1 Å². The quantitative estimate of drug-likeness (QED) is 0.607. The van der Waals surface area contributed by atoms with Crippen molar-refractivity contribution in [3.05, 3.63) is 72.8 Å². The van der Waals surface area contributed by atoms with Crippen LogP contribution in [0.3, 0.4) is 0 Å². The van der Waals surface area contributed by atoms with Gasteiger partial charge < -0.3 is 0 Å². The summed E-state index contributed by atoms with van der Waals surface area (Å²) in [5.74, 6) is 0. The summed E-state index contributed by atoms with van der Waals surface area (Å²) in [7, 11) is 0. The first-order valence-electron chi connectivity index (χ1n) is 5.74. The van der Waals surface area contributed by atoms with Crippen LogP contribution in [0, 0.1) is 30.3 Å². The van der Waals surface area contributed by atoms with Crippen molar-refractivity contribution in [3.8, 4) is 0 Å². The van der Waals surface area contributed by atoms with Gasteiger partial charge >= 0.3 is 0 Å². The van der Waals surface area contributed by atoms with E-state index in [0.717, 1.165) is 23.9 Å². The Hall–Kier alpha value is -3.01. The number of nitro benzene ring substituents is 3. The van der Waals surface area contributed by atoms with Gasteiger partial charge in [-0.05, 0) is 12.1 Å². The van der Waals surface area contributed by atoms with Gasteiger partial charge in [0.05, 0.1) is 26.9 Å². The third-order valence-electron chi connectivity index (χ3n) is 2.60. The summed E-state index contributed by atoms with van der Waals surface area (Å²) < 4.78 is 0. The maximum atomic E-state index is 11.1. The zero-order valence-electron chi connectivity index (χ0n) is 10.7. The van der Waals surface area contributed by atoms with Crippen LogP contribution >= 0.6 is 11.8 Å². The molecule has 2 rings (SSSR count). The second-order valence-corrected chi connectivity index (χ2v) is 5.08. The average Bonchev–Trinajstić information content (AvgIpc) is 2.47. The van der Waals surface area contributed by atoms with Crippen LogP contribution in [-0.2, 0) is 0 Å². The van der Waals surface area contributed by atoms with Crippen molar-refractivity contribution in [1.82, 2.24) is 0 Å². The fourth-order valence-corrected chi connectivity index (χ4v) is 2.68. The molecule has 0 aliphatic heterocycles. The van der Waals surface area contributed by atoms with Crippen LogP contribution in [0.5, 0.6) is 0 Å². The minimum atomic E-state index is -0.906. The van der Waals surface area contributed by atoms with Gasteiger partial charge in [0, 0.05) is 4.90 Å². The molecule has 0 radical (unpaired) electrons. The molecule has 0 aliphatic carbocycles. The first-order valence-corrected chi connectivity index (χ1v) is 6.56. The third kappa shape index (κ3) is 3.17. The van der Waals surface area contributed by atoms with Crippen molar-refractivity contribution in [2.45, 2.75) is 9.79 Å². The number of hydrogen-bond donors (Lipinski definition) is 0. The van der Waals surface area contributed by atoms with Gasteiger partial charge in [-0.15, -0.1) is 0 Å². The molecule has 0 bridgehead atoms. The highest BCUT2D eigenvalue weighted by atomic mass is 32.2. The van der Waals surface area contributed by atoms with E-state index in [-0.39, 0.29) is 4.90 Å². The predicted octanol–water partition coefficient (Wildman–Crippen LogP) is 3.56. The molecule has 22 heavy (non-hydrogen) atoms. The molecular weight excluding hydrogens is 314 g/mol. The summed E-state index contributed by atoms with van der Waals surface area (Å²) >= 11 is 0.812. The molecule has 0 amide bonds. The Kier molecular flexibility index (Phi) is 4.32. The van der Waals surface area contributed by atoms with Gasteiger partial charge in [0.15, 0.2) is 4.90 Å². The van der Waals surface area contributed by atoms with Gasteiger partial charge in [0.1, 0.15) is 0 Å². The topological polar surface area (TPSA) is 129 Å². The van der Waals surface area contributed by atoms with Crippen molar-refractivity contribution in [2.24, 2.45) is 0 Å². The lowest BCUT2D eigenvalue weighted by Crippen LogP contribution is -1.99. The second kappa shape index (κ2) is 6.18. The lowest BCUT2D eigenvalue weighted by atomic mass is 10.2. The van der Waals surface area contributed by atoms with Crippen molar-refractivity contribution >= 4 is 28.8 Å². The minimum Gasteiger partial charge on any atom is -0.258 e. The Morgan fingerprint density at radius 2 is 1.27 bits per heavy atom. The van der Waals surface area contributed by atoms with Crippen molar-refractivity contribution in [2.75, 3.05) is 0 Å². The van der Waals surface area contributed by atoms with Gasteiger partial charge in [-0.25, -0.2) is 0 Å². The molecule has 0 spiro atoms. The minimum absolute atomic E-state index is 0.244. The number of nitro groups is 3. The van der Waals surface area contributed by atoms with E-state index in [2.05, 4.69) is 0 Å². The number of hydrogen-bond acceptors (Lipinski definition) is 7. The molecule has 0 heterocycles. The van der Waals surface area contributed by atoms with E-state index in [1.165, 1.54) is 0 Å². The first-order chi connectivity index (χ1) is 10.4. The molecule has 2 aromatic rings. The second-order valence-electron chi connectivity index (χ2n) is 4.00. The highest BCUT2D eigenvalue weighted by Crippen LogP contribution is 2.43. The Morgan fingerprint density at radius 1 is 0.773 bits per heavy atom. The Balaban J connectivity index is 2.66. The van der Waals surface area contributed by atoms with Gasteiger partial charge in [-0.1, -0.05) is 30.0 Å². The monoisotopic (exact) mass is 321 g/mol. The summed E-state index contributed by atoms with van der Waals surface area (Å²) in [5.41, 5.74) is -2.04. The standard InChI is InChI=1S/C12H7N3O6S/c16-13(17)8-6-10(14(18)19)12(11(7-8)15(20)21)22-9-4-2-1-3-5-9/h1-7H. The normalized spacial score (nSPS) is 10.2. The van der Waals surface area contributed by atoms with Crippen LogP contribution < -0.4 is 0 Å². The Morgan fingerprint density at radius 3 is 1.68 bits per heavy atom. The zero-order valence-corrected chi connectivity index (χ0v) is 11.6. The SMILES string of the molecule is O=[N+]([O-])c1cc([N+](=O)[O-])c(Sc2ccccc2)c([N+](=O)[O-])c1. The first kappa shape index (κ1) is 15.4. The van der Waals surface area contributed by atoms with E-state index in [4.69, 9.17) is 0 Å². The zero-order chi connectivity index (χ0) is 16.3. The summed E-state index contributed by atoms with van der Waals surface area (Å²) in [6.07, 6.45) is 0. The molecule has 0 unspecified atom stereocenters. The molecular formula is C12H7N3O6S. The Labute approximate surface area is 127 Å². The lowest BCUT2D eigenvalue weighted by molar-refractivity contribution is -0.407. The van der Waals surface area contributed by atoms with E-state index >= 15 is 0 Å². The van der Waals surface area contributed by atoms with Gasteiger partial charge in [0.2, 0.25) is 0 Å². The maximum absolute atomic E-state index is 11.1. The fourth-order valence-electron chi connectivity index (χ4n) is 1.67. The lowest BCUT2D eigenvalue weighted by Gasteiger charge is -2.04. The smallest absolute Gasteiger partial charge is 0.258 e. The maximum Gasteiger partial charge on any atom is 0.297 e. The molecule has 0 atom stereocenters. The van der Waals surface area contributed by atoms with E-state index in [0.29, 0.717) is 4.90 Å². The summed E-state index contributed by atoms with van der Waals surface area (Å²) in [6, 6.07) is 9.76. The molecule has 0 aliphatic rings. The van der Waals surface area contributed by atoms with Gasteiger partial charge in [-0.2, -0.15) is 0 Å². The van der Waals surface area contributed by atoms with Crippen molar-refractivity contribution < 1.29 is 14.8 Å². The van der Waals surface area contributed by atoms with E-state index in [1.54, 1.807) is 30.3 Å². The van der Waals surface area contributed by atoms with Crippen LogP contribution in [0.25, 0.3) is 0 Å². The molecule has 2 aromatic carbocycles. The number of rotatable bonds is 5. The van der Waals surface area contributed by atoms with Crippen LogP contribution in [-0.4, -0.2) is 14.8 Å². The average molecular weight is 321 g/mol. The van der Waals surface area contributed by atoms with Crippen LogP contribution in [0.1, 0.15) is 0 Å². The molecule has 0 fully saturated rings. The molecule has 112 valence electrons. The van der Waals surface area contributed by atoms with E-state index < -0.39 is 31.8 Å². The molecule has 0 aromatic heterocycles.